The van der Waals surface area contributed by atoms with Crippen molar-refractivity contribution in [1.82, 2.24) is 14.8 Å². The Labute approximate surface area is 163 Å². The van der Waals surface area contributed by atoms with Gasteiger partial charge in [0.1, 0.15) is 11.7 Å². The molecule has 2 aromatic rings. The Morgan fingerprint density at radius 3 is 2.59 bits per heavy atom. The summed E-state index contributed by atoms with van der Waals surface area (Å²) in [6, 6.07) is 13.4. The van der Waals surface area contributed by atoms with Gasteiger partial charge in [-0.25, -0.2) is 4.98 Å². The predicted molar refractivity (Wildman–Crippen MR) is 106 cm³/mol. The van der Waals surface area contributed by atoms with E-state index in [4.69, 9.17) is 11.6 Å². The predicted octanol–water partition coefficient (Wildman–Crippen LogP) is 3.41. The maximum atomic E-state index is 11.8. The second kappa shape index (κ2) is 8.26. The highest BCUT2D eigenvalue weighted by molar-refractivity contribution is 6.29. The molecule has 0 bridgehead atoms. The zero-order chi connectivity index (χ0) is 19.4. The standard InChI is InChI=1S/C19H22ClN5O2/c1-3-23(12-15-9-10-18(20)21-11-15)19-17(25(26)27)13-24(14-22(19)2)16-7-5-4-6-8-16/h4-11H,3,12-14H2,1-2H3. The number of rotatable bonds is 6. The van der Waals surface area contributed by atoms with Crippen molar-refractivity contribution in [1.29, 1.82) is 0 Å². The molecule has 1 aromatic heterocycles. The number of aromatic nitrogens is 1. The van der Waals surface area contributed by atoms with Gasteiger partial charge < -0.3 is 14.7 Å². The number of hydrogen-bond acceptors (Lipinski definition) is 6. The van der Waals surface area contributed by atoms with Gasteiger partial charge in [0.15, 0.2) is 5.82 Å². The molecule has 0 N–H and O–H groups in total. The molecular formula is C19H22ClN5O2. The van der Waals surface area contributed by atoms with E-state index in [9.17, 15) is 10.1 Å². The minimum absolute atomic E-state index is 0.191. The summed E-state index contributed by atoms with van der Waals surface area (Å²) in [6.45, 7) is 4.00. The molecule has 1 aliphatic heterocycles. The van der Waals surface area contributed by atoms with Crippen LogP contribution in [0.3, 0.4) is 0 Å². The minimum atomic E-state index is -0.274. The Hall–Kier alpha value is -2.80. The molecular weight excluding hydrogens is 366 g/mol. The Morgan fingerprint density at radius 1 is 1.26 bits per heavy atom. The summed E-state index contributed by atoms with van der Waals surface area (Å²) in [5.41, 5.74) is 2.11. The van der Waals surface area contributed by atoms with E-state index in [2.05, 4.69) is 4.98 Å². The topological polar surface area (TPSA) is 65.8 Å². The zero-order valence-electron chi connectivity index (χ0n) is 15.4. The number of hydrogen-bond donors (Lipinski definition) is 0. The molecule has 27 heavy (non-hydrogen) atoms. The van der Waals surface area contributed by atoms with Gasteiger partial charge in [-0.3, -0.25) is 10.1 Å². The highest BCUT2D eigenvalue weighted by Gasteiger charge is 2.33. The van der Waals surface area contributed by atoms with Gasteiger partial charge in [-0.2, -0.15) is 0 Å². The fourth-order valence-electron chi connectivity index (χ4n) is 3.28. The van der Waals surface area contributed by atoms with Crippen molar-refractivity contribution >= 4 is 17.3 Å². The van der Waals surface area contributed by atoms with Crippen LogP contribution in [0.1, 0.15) is 12.5 Å². The van der Waals surface area contributed by atoms with Gasteiger partial charge in [0.2, 0.25) is 0 Å². The van der Waals surface area contributed by atoms with Gasteiger partial charge in [-0.1, -0.05) is 35.9 Å². The monoisotopic (exact) mass is 387 g/mol. The van der Waals surface area contributed by atoms with Crippen LogP contribution < -0.4 is 4.90 Å². The lowest BCUT2D eigenvalue weighted by Gasteiger charge is -2.40. The van der Waals surface area contributed by atoms with Gasteiger partial charge in [0, 0.05) is 32.0 Å². The largest absolute Gasteiger partial charge is 0.349 e. The number of benzene rings is 1. The molecule has 2 heterocycles. The second-order valence-corrected chi connectivity index (χ2v) is 6.79. The number of nitro groups is 1. The van der Waals surface area contributed by atoms with Crippen molar-refractivity contribution in [3.63, 3.8) is 0 Å². The molecule has 0 aliphatic carbocycles. The first-order valence-electron chi connectivity index (χ1n) is 8.73. The average Bonchev–Trinajstić information content (AvgIpc) is 2.68. The third kappa shape index (κ3) is 4.31. The molecule has 0 spiro atoms. The van der Waals surface area contributed by atoms with Gasteiger partial charge in [-0.05, 0) is 30.7 Å². The van der Waals surface area contributed by atoms with Crippen LogP contribution >= 0.6 is 11.6 Å². The Morgan fingerprint density at radius 2 is 2.00 bits per heavy atom. The van der Waals surface area contributed by atoms with Crippen LogP contribution in [0.5, 0.6) is 0 Å². The van der Waals surface area contributed by atoms with Crippen molar-refractivity contribution in [3.05, 3.63) is 81.0 Å². The third-order valence-electron chi connectivity index (χ3n) is 4.53. The van der Waals surface area contributed by atoms with Gasteiger partial charge >= 0.3 is 5.70 Å². The normalized spacial score (nSPS) is 14.5. The van der Waals surface area contributed by atoms with E-state index in [-0.39, 0.29) is 17.2 Å². The molecule has 0 saturated carbocycles. The number of nitrogens with zero attached hydrogens (tertiary/aromatic N) is 5. The number of para-hydroxylation sites is 1. The van der Waals surface area contributed by atoms with E-state index >= 15 is 0 Å². The fourth-order valence-corrected chi connectivity index (χ4v) is 3.39. The van der Waals surface area contributed by atoms with Crippen molar-refractivity contribution in [2.75, 3.05) is 31.7 Å². The Kier molecular flexibility index (Phi) is 5.81. The van der Waals surface area contributed by atoms with Crippen molar-refractivity contribution in [2.24, 2.45) is 0 Å². The molecule has 0 saturated heterocycles. The van der Waals surface area contributed by atoms with Gasteiger partial charge in [-0.15, -0.1) is 0 Å². The lowest BCUT2D eigenvalue weighted by molar-refractivity contribution is -0.430. The van der Waals surface area contributed by atoms with E-state index < -0.39 is 0 Å². The lowest BCUT2D eigenvalue weighted by Crippen LogP contribution is -2.48. The lowest BCUT2D eigenvalue weighted by atomic mass is 10.2. The van der Waals surface area contributed by atoms with Crippen LogP contribution in [0.15, 0.2) is 60.2 Å². The van der Waals surface area contributed by atoms with Crippen molar-refractivity contribution in [3.8, 4) is 0 Å². The van der Waals surface area contributed by atoms with E-state index in [0.717, 1.165) is 11.3 Å². The molecule has 0 unspecified atom stereocenters. The Bertz CT molecular complexity index is 826. The molecule has 142 valence electrons. The summed E-state index contributed by atoms with van der Waals surface area (Å²) in [4.78, 5) is 21.6. The molecule has 3 rings (SSSR count). The zero-order valence-corrected chi connectivity index (χ0v) is 16.1. The van der Waals surface area contributed by atoms with Crippen LogP contribution in [0.4, 0.5) is 5.69 Å². The number of halogens is 1. The second-order valence-electron chi connectivity index (χ2n) is 6.40. The molecule has 8 heteroatoms. The maximum absolute atomic E-state index is 11.8. The summed E-state index contributed by atoms with van der Waals surface area (Å²) in [5, 5.41) is 12.3. The summed E-state index contributed by atoms with van der Waals surface area (Å²) < 4.78 is 0. The highest BCUT2D eigenvalue weighted by Crippen LogP contribution is 2.26. The van der Waals surface area contributed by atoms with E-state index in [1.165, 1.54) is 0 Å². The van der Waals surface area contributed by atoms with Crippen LogP contribution in [-0.2, 0) is 6.54 Å². The maximum Gasteiger partial charge on any atom is 0.305 e. The fraction of sp³-hybridized carbons (Fsp3) is 0.316. The summed E-state index contributed by atoms with van der Waals surface area (Å²) in [5.74, 6) is 0.643. The first kappa shape index (κ1) is 19.0. The summed E-state index contributed by atoms with van der Waals surface area (Å²) >= 11 is 5.86. The highest BCUT2D eigenvalue weighted by atomic mass is 35.5. The molecule has 7 nitrogen and oxygen atoms in total. The quantitative estimate of drug-likeness (QED) is 0.430. The van der Waals surface area contributed by atoms with Crippen LogP contribution in [0, 0.1) is 10.1 Å². The Balaban J connectivity index is 1.91. The summed E-state index contributed by atoms with van der Waals surface area (Å²) in [6.07, 6.45) is 1.70. The van der Waals surface area contributed by atoms with E-state index in [1.807, 2.05) is 65.1 Å². The van der Waals surface area contributed by atoms with Gasteiger partial charge in [0.25, 0.3) is 0 Å². The molecule has 0 radical (unpaired) electrons. The molecule has 0 fully saturated rings. The van der Waals surface area contributed by atoms with E-state index in [0.29, 0.717) is 30.7 Å². The molecule has 0 atom stereocenters. The molecule has 1 aliphatic rings. The van der Waals surface area contributed by atoms with Crippen LogP contribution in [-0.4, -0.2) is 46.5 Å². The molecule has 1 aromatic carbocycles. The average molecular weight is 388 g/mol. The van der Waals surface area contributed by atoms with E-state index in [1.54, 1.807) is 12.3 Å². The van der Waals surface area contributed by atoms with Crippen LogP contribution in [0.25, 0.3) is 0 Å². The smallest absolute Gasteiger partial charge is 0.305 e. The molecule has 0 amide bonds. The minimum Gasteiger partial charge on any atom is -0.349 e. The first-order chi connectivity index (χ1) is 13.0. The first-order valence-corrected chi connectivity index (χ1v) is 9.11. The number of anilines is 1. The summed E-state index contributed by atoms with van der Waals surface area (Å²) in [7, 11) is 1.89. The van der Waals surface area contributed by atoms with Gasteiger partial charge in [0.05, 0.1) is 11.6 Å². The number of pyridine rings is 1. The van der Waals surface area contributed by atoms with Crippen molar-refractivity contribution < 1.29 is 4.92 Å². The third-order valence-corrected chi connectivity index (χ3v) is 4.75. The SMILES string of the molecule is CCN(Cc1ccc(Cl)nc1)C1=C([N+](=O)[O-])CN(c2ccccc2)CN1C. The van der Waals surface area contributed by atoms with Crippen LogP contribution in [0.2, 0.25) is 5.15 Å². The van der Waals surface area contributed by atoms with Crippen molar-refractivity contribution in [2.45, 2.75) is 13.5 Å².